The summed E-state index contributed by atoms with van der Waals surface area (Å²) in [4.78, 5) is 4.49. The molecule has 2 aromatic heterocycles. The number of halogens is 3. The average molecular weight is 430 g/mol. The predicted octanol–water partition coefficient (Wildman–Crippen LogP) is 5.30. The third-order valence-corrected chi connectivity index (χ3v) is 6.45. The van der Waals surface area contributed by atoms with Crippen LogP contribution in [0.3, 0.4) is 0 Å². The number of nitrogens with zero attached hydrogens (tertiary/aromatic N) is 2. The van der Waals surface area contributed by atoms with Crippen molar-refractivity contribution < 1.29 is 21.6 Å². The lowest BCUT2D eigenvalue weighted by atomic mass is 10.1. The van der Waals surface area contributed by atoms with Crippen LogP contribution in [0.1, 0.15) is 16.8 Å². The first-order valence-electron chi connectivity index (χ1n) is 9.08. The molecular weight excluding hydrogens is 413 g/mol. The molecule has 0 radical (unpaired) electrons. The van der Waals surface area contributed by atoms with Crippen molar-refractivity contribution in [3.05, 3.63) is 89.7 Å². The van der Waals surface area contributed by atoms with Gasteiger partial charge in [0.25, 0.3) is 0 Å². The van der Waals surface area contributed by atoms with Crippen molar-refractivity contribution in [2.24, 2.45) is 0 Å². The number of aryl methyl sites for hydroxylation is 1. The van der Waals surface area contributed by atoms with Crippen LogP contribution in [0.5, 0.6) is 0 Å². The monoisotopic (exact) mass is 430 g/mol. The Morgan fingerprint density at radius 1 is 0.967 bits per heavy atom. The lowest BCUT2D eigenvalue weighted by Crippen LogP contribution is -2.09. The summed E-state index contributed by atoms with van der Waals surface area (Å²) in [5.74, 6) is -0.396. The van der Waals surface area contributed by atoms with Crippen LogP contribution in [0.25, 0.3) is 16.9 Å². The summed E-state index contributed by atoms with van der Waals surface area (Å²) in [6.45, 7) is 1.85. The second-order valence-corrected chi connectivity index (χ2v) is 8.98. The van der Waals surface area contributed by atoms with Crippen LogP contribution in [-0.2, 0) is 21.8 Å². The topological polar surface area (TPSA) is 51.4 Å². The Bertz CT molecular complexity index is 1310. The molecule has 8 heteroatoms. The number of rotatable bonds is 4. The number of hydrogen-bond acceptors (Lipinski definition) is 3. The SMILES string of the molecule is Cc1ccc(S(=O)(=O)Cc2c(-c3ccccc3)nc3cc(C(F)(F)F)ccn23)cc1. The smallest absolute Gasteiger partial charge is 0.302 e. The van der Waals surface area contributed by atoms with Gasteiger partial charge >= 0.3 is 6.18 Å². The van der Waals surface area contributed by atoms with Gasteiger partial charge in [-0.15, -0.1) is 0 Å². The second-order valence-electron chi connectivity index (χ2n) is 6.99. The minimum absolute atomic E-state index is 0.0396. The number of imidazole rings is 1. The highest BCUT2D eigenvalue weighted by Crippen LogP contribution is 2.33. The van der Waals surface area contributed by atoms with Crippen molar-refractivity contribution in [3.63, 3.8) is 0 Å². The van der Waals surface area contributed by atoms with Gasteiger partial charge in [-0.3, -0.25) is 0 Å². The largest absolute Gasteiger partial charge is 0.416 e. The van der Waals surface area contributed by atoms with Crippen molar-refractivity contribution in [1.82, 2.24) is 9.38 Å². The average Bonchev–Trinajstić information content (AvgIpc) is 3.05. The van der Waals surface area contributed by atoms with Crippen LogP contribution in [0.4, 0.5) is 13.2 Å². The lowest BCUT2D eigenvalue weighted by Gasteiger charge is -2.09. The molecule has 0 spiro atoms. The molecule has 2 heterocycles. The molecule has 0 atom stereocenters. The molecule has 0 aliphatic heterocycles. The van der Waals surface area contributed by atoms with Gasteiger partial charge in [0, 0.05) is 11.8 Å². The molecule has 0 aliphatic rings. The van der Waals surface area contributed by atoms with E-state index in [2.05, 4.69) is 4.98 Å². The molecule has 2 aromatic carbocycles. The van der Waals surface area contributed by atoms with Crippen LogP contribution >= 0.6 is 0 Å². The number of hydrogen-bond donors (Lipinski definition) is 0. The molecule has 154 valence electrons. The molecule has 0 bridgehead atoms. The maximum atomic E-state index is 13.1. The zero-order chi connectivity index (χ0) is 21.5. The summed E-state index contributed by atoms with van der Waals surface area (Å²) >= 11 is 0. The fraction of sp³-hybridized carbons (Fsp3) is 0.136. The third kappa shape index (κ3) is 3.82. The molecule has 0 unspecified atom stereocenters. The van der Waals surface area contributed by atoms with Gasteiger partial charge in [0.2, 0.25) is 0 Å². The number of alkyl halides is 3. The van der Waals surface area contributed by atoms with Gasteiger partial charge in [0.15, 0.2) is 9.84 Å². The van der Waals surface area contributed by atoms with Crippen molar-refractivity contribution >= 4 is 15.5 Å². The van der Waals surface area contributed by atoms with Gasteiger partial charge < -0.3 is 4.40 Å². The van der Waals surface area contributed by atoms with Crippen LogP contribution < -0.4 is 0 Å². The number of fused-ring (bicyclic) bond motifs is 1. The molecule has 0 N–H and O–H groups in total. The van der Waals surface area contributed by atoms with E-state index < -0.39 is 27.3 Å². The lowest BCUT2D eigenvalue weighted by molar-refractivity contribution is -0.137. The Labute approximate surface area is 171 Å². The van der Waals surface area contributed by atoms with Crippen LogP contribution in [0, 0.1) is 6.92 Å². The maximum Gasteiger partial charge on any atom is 0.416 e. The molecule has 0 saturated carbocycles. The molecule has 0 saturated heterocycles. The van der Waals surface area contributed by atoms with Gasteiger partial charge in [-0.2, -0.15) is 13.2 Å². The van der Waals surface area contributed by atoms with Crippen LogP contribution in [0.2, 0.25) is 0 Å². The van der Waals surface area contributed by atoms with Crippen molar-refractivity contribution in [1.29, 1.82) is 0 Å². The molecule has 0 aliphatic carbocycles. The second kappa shape index (κ2) is 7.28. The Morgan fingerprint density at radius 2 is 1.63 bits per heavy atom. The van der Waals surface area contributed by atoms with E-state index in [0.29, 0.717) is 17.0 Å². The Balaban J connectivity index is 1.89. The van der Waals surface area contributed by atoms with Gasteiger partial charge in [0.1, 0.15) is 5.65 Å². The van der Waals surface area contributed by atoms with Gasteiger partial charge in [-0.05, 0) is 31.2 Å². The molecule has 4 aromatic rings. The van der Waals surface area contributed by atoms with Crippen molar-refractivity contribution in [3.8, 4) is 11.3 Å². The summed E-state index contributed by atoms with van der Waals surface area (Å²) < 4.78 is 66.9. The minimum Gasteiger partial charge on any atom is -0.302 e. The molecule has 4 nitrogen and oxygen atoms in total. The zero-order valence-electron chi connectivity index (χ0n) is 15.9. The van der Waals surface area contributed by atoms with Crippen molar-refractivity contribution in [2.75, 3.05) is 0 Å². The van der Waals surface area contributed by atoms with E-state index in [1.807, 2.05) is 6.92 Å². The van der Waals surface area contributed by atoms with E-state index >= 15 is 0 Å². The first kappa shape index (κ1) is 20.2. The Morgan fingerprint density at radius 3 is 2.27 bits per heavy atom. The summed E-state index contributed by atoms with van der Waals surface area (Å²) in [5, 5.41) is 0. The van der Waals surface area contributed by atoms with Crippen LogP contribution in [0.15, 0.2) is 77.8 Å². The first-order valence-corrected chi connectivity index (χ1v) is 10.7. The summed E-state index contributed by atoms with van der Waals surface area (Å²) in [6.07, 6.45) is -3.30. The Hall–Kier alpha value is -3.13. The first-order chi connectivity index (χ1) is 14.1. The summed E-state index contributed by atoms with van der Waals surface area (Å²) in [7, 11) is -3.74. The normalized spacial score (nSPS) is 12.4. The number of benzene rings is 2. The third-order valence-electron chi connectivity index (χ3n) is 4.81. The van der Waals surface area contributed by atoms with Gasteiger partial charge in [-0.25, -0.2) is 13.4 Å². The molecular formula is C22H17F3N2O2S. The van der Waals surface area contributed by atoms with E-state index in [9.17, 15) is 21.6 Å². The van der Waals surface area contributed by atoms with E-state index in [1.165, 1.54) is 22.7 Å². The molecule has 30 heavy (non-hydrogen) atoms. The van der Waals surface area contributed by atoms with E-state index in [1.54, 1.807) is 42.5 Å². The van der Waals surface area contributed by atoms with Gasteiger partial charge in [0.05, 0.1) is 27.6 Å². The van der Waals surface area contributed by atoms with E-state index in [-0.39, 0.29) is 10.5 Å². The number of aromatic nitrogens is 2. The summed E-state index contributed by atoms with van der Waals surface area (Å²) in [6, 6.07) is 17.1. The fourth-order valence-electron chi connectivity index (χ4n) is 3.25. The maximum absolute atomic E-state index is 13.1. The molecule has 0 fully saturated rings. The molecule has 4 rings (SSSR count). The highest BCUT2D eigenvalue weighted by Gasteiger charge is 2.31. The highest BCUT2D eigenvalue weighted by atomic mass is 32.2. The molecule has 0 amide bonds. The quantitative estimate of drug-likeness (QED) is 0.441. The standard InChI is InChI=1S/C22H17F3N2O2S/c1-15-7-9-18(10-8-15)30(28,29)14-19-21(16-5-3-2-4-6-16)26-20-13-17(22(23,24)25)11-12-27(19)20/h2-13H,14H2,1H3. The fourth-order valence-corrected chi connectivity index (χ4v) is 4.60. The van der Waals surface area contributed by atoms with Crippen LogP contribution in [-0.4, -0.2) is 17.8 Å². The van der Waals surface area contributed by atoms with Gasteiger partial charge in [-0.1, -0.05) is 48.0 Å². The number of pyridine rings is 1. The zero-order valence-corrected chi connectivity index (χ0v) is 16.7. The minimum atomic E-state index is -4.52. The van der Waals surface area contributed by atoms with E-state index in [0.717, 1.165) is 17.7 Å². The van der Waals surface area contributed by atoms with Crippen molar-refractivity contribution in [2.45, 2.75) is 23.7 Å². The number of sulfone groups is 1. The van der Waals surface area contributed by atoms with E-state index in [4.69, 9.17) is 0 Å². The predicted molar refractivity (Wildman–Crippen MR) is 108 cm³/mol. The summed E-state index contributed by atoms with van der Waals surface area (Å²) in [5.41, 5.74) is 1.40. The highest BCUT2D eigenvalue weighted by molar-refractivity contribution is 7.90. The Kier molecular flexibility index (Phi) is 4.89.